The number of hydrogen-bond donors (Lipinski definition) is 2. The van der Waals surface area contributed by atoms with Crippen LogP contribution in [-0.4, -0.2) is 23.3 Å². The third-order valence-electron chi connectivity index (χ3n) is 1.57. The van der Waals surface area contributed by atoms with E-state index in [2.05, 4.69) is 15.5 Å². The molecule has 0 aromatic carbocycles. The van der Waals surface area contributed by atoms with Crippen molar-refractivity contribution < 1.29 is 0 Å². The Labute approximate surface area is 82.5 Å². The molecule has 0 radical (unpaired) electrons. The number of halogens is 1. The van der Waals surface area contributed by atoms with E-state index in [0.717, 1.165) is 31.7 Å². The van der Waals surface area contributed by atoms with Crippen LogP contribution >= 0.6 is 11.6 Å². The minimum atomic E-state index is 0.410. The van der Waals surface area contributed by atoms with E-state index in [-0.39, 0.29) is 0 Å². The standard InChI is InChI=1S/C8H13ClN4/c9-7-3-4-8(13-12-7)11-6-2-1-5-10/h3-4H,1-2,5-6,10H2,(H,11,13). The molecule has 0 fully saturated rings. The number of nitrogens with two attached hydrogens (primary N) is 1. The summed E-state index contributed by atoms with van der Waals surface area (Å²) in [6, 6.07) is 3.51. The van der Waals surface area contributed by atoms with Gasteiger partial charge in [0.25, 0.3) is 0 Å². The van der Waals surface area contributed by atoms with Crippen molar-refractivity contribution in [3.05, 3.63) is 17.3 Å². The van der Waals surface area contributed by atoms with E-state index in [9.17, 15) is 0 Å². The van der Waals surface area contributed by atoms with Gasteiger partial charge in [0, 0.05) is 6.54 Å². The fraction of sp³-hybridized carbons (Fsp3) is 0.500. The second-order valence-corrected chi connectivity index (χ2v) is 3.05. The molecule has 1 rings (SSSR count). The zero-order valence-electron chi connectivity index (χ0n) is 7.33. The van der Waals surface area contributed by atoms with Gasteiger partial charge in [-0.25, -0.2) is 0 Å². The maximum absolute atomic E-state index is 5.58. The van der Waals surface area contributed by atoms with Gasteiger partial charge >= 0.3 is 0 Å². The first kappa shape index (κ1) is 10.2. The summed E-state index contributed by atoms with van der Waals surface area (Å²) in [5.74, 6) is 0.751. The van der Waals surface area contributed by atoms with E-state index < -0.39 is 0 Å². The molecule has 0 saturated carbocycles. The Morgan fingerprint density at radius 3 is 2.77 bits per heavy atom. The molecule has 0 aliphatic heterocycles. The average Bonchev–Trinajstić information content (AvgIpc) is 2.15. The van der Waals surface area contributed by atoms with E-state index >= 15 is 0 Å². The third kappa shape index (κ3) is 4.05. The van der Waals surface area contributed by atoms with E-state index in [1.165, 1.54) is 0 Å². The lowest BCUT2D eigenvalue weighted by atomic mass is 10.3. The molecular formula is C8H13ClN4. The maximum Gasteiger partial charge on any atom is 0.151 e. The predicted octanol–water partition coefficient (Wildman–Crippen LogP) is 1.28. The van der Waals surface area contributed by atoms with Gasteiger partial charge in [-0.3, -0.25) is 0 Å². The number of hydrogen-bond acceptors (Lipinski definition) is 4. The summed E-state index contributed by atoms with van der Waals surface area (Å²) < 4.78 is 0. The third-order valence-corrected chi connectivity index (χ3v) is 1.77. The molecule has 3 N–H and O–H groups in total. The highest BCUT2D eigenvalue weighted by molar-refractivity contribution is 6.29. The lowest BCUT2D eigenvalue weighted by Gasteiger charge is -2.02. The van der Waals surface area contributed by atoms with Crippen LogP contribution in [0, 0.1) is 0 Å². The fourth-order valence-corrected chi connectivity index (χ4v) is 0.997. The van der Waals surface area contributed by atoms with Crippen LogP contribution in [0.25, 0.3) is 0 Å². The van der Waals surface area contributed by atoms with Crippen LogP contribution in [0.4, 0.5) is 5.82 Å². The lowest BCUT2D eigenvalue weighted by molar-refractivity contribution is 0.770. The lowest BCUT2D eigenvalue weighted by Crippen LogP contribution is -2.06. The Bertz CT molecular complexity index is 236. The first-order chi connectivity index (χ1) is 6.33. The van der Waals surface area contributed by atoms with E-state index in [1.54, 1.807) is 12.1 Å². The molecule has 13 heavy (non-hydrogen) atoms. The smallest absolute Gasteiger partial charge is 0.151 e. The Hall–Kier alpha value is -0.870. The highest BCUT2D eigenvalue weighted by Crippen LogP contribution is 2.05. The van der Waals surface area contributed by atoms with Crippen molar-refractivity contribution in [2.24, 2.45) is 5.73 Å². The Morgan fingerprint density at radius 2 is 2.15 bits per heavy atom. The number of unbranched alkanes of at least 4 members (excludes halogenated alkanes) is 1. The predicted molar refractivity (Wildman–Crippen MR) is 53.8 cm³/mol. The largest absolute Gasteiger partial charge is 0.369 e. The van der Waals surface area contributed by atoms with E-state index in [4.69, 9.17) is 17.3 Å². The van der Waals surface area contributed by atoms with E-state index in [0.29, 0.717) is 5.15 Å². The number of nitrogens with zero attached hydrogens (tertiary/aromatic N) is 2. The molecule has 72 valence electrons. The molecule has 0 aliphatic carbocycles. The van der Waals surface area contributed by atoms with Crippen LogP contribution < -0.4 is 11.1 Å². The van der Waals surface area contributed by atoms with Gasteiger partial charge in [-0.2, -0.15) is 0 Å². The summed E-state index contributed by atoms with van der Waals surface area (Å²) in [4.78, 5) is 0. The molecule has 0 unspecified atom stereocenters. The van der Waals surface area contributed by atoms with Crippen molar-refractivity contribution in [2.75, 3.05) is 18.4 Å². The molecule has 5 heteroatoms. The highest BCUT2D eigenvalue weighted by atomic mass is 35.5. The van der Waals surface area contributed by atoms with Crippen LogP contribution in [0.2, 0.25) is 5.15 Å². The summed E-state index contributed by atoms with van der Waals surface area (Å²) in [7, 11) is 0. The molecule has 0 saturated heterocycles. The Kier molecular flexibility index (Phi) is 4.49. The van der Waals surface area contributed by atoms with Gasteiger partial charge in [0.1, 0.15) is 5.82 Å². The summed E-state index contributed by atoms with van der Waals surface area (Å²) in [5.41, 5.74) is 5.35. The van der Waals surface area contributed by atoms with Gasteiger partial charge < -0.3 is 11.1 Å². The normalized spacial score (nSPS) is 10.0. The molecular weight excluding hydrogens is 188 g/mol. The Balaban J connectivity index is 2.25. The number of anilines is 1. The van der Waals surface area contributed by atoms with Gasteiger partial charge in [-0.15, -0.1) is 10.2 Å². The molecule has 1 aromatic rings. The van der Waals surface area contributed by atoms with Crippen molar-refractivity contribution in [1.29, 1.82) is 0 Å². The molecule has 0 aliphatic rings. The number of rotatable bonds is 5. The minimum absolute atomic E-state index is 0.410. The topological polar surface area (TPSA) is 63.8 Å². The summed E-state index contributed by atoms with van der Waals surface area (Å²) in [5, 5.41) is 11.1. The van der Waals surface area contributed by atoms with Crippen molar-refractivity contribution >= 4 is 17.4 Å². The van der Waals surface area contributed by atoms with Crippen LogP contribution in [0.15, 0.2) is 12.1 Å². The summed E-state index contributed by atoms with van der Waals surface area (Å²) >= 11 is 5.58. The second-order valence-electron chi connectivity index (χ2n) is 2.66. The van der Waals surface area contributed by atoms with Gasteiger partial charge in [0.05, 0.1) is 0 Å². The molecule has 0 amide bonds. The first-order valence-electron chi connectivity index (χ1n) is 4.26. The van der Waals surface area contributed by atoms with Crippen LogP contribution in [0.5, 0.6) is 0 Å². The van der Waals surface area contributed by atoms with Gasteiger partial charge in [-0.05, 0) is 31.5 Å². The van der Waals surface area contributed by atoms with Crippen LogP contribution in [0.3, 0.4) is 0 Å². The van der Waals surface area contributed by atoms with Crippen molar-refractivity contribution in [3.8, 4) is 0 Å². The second kappa shape index (κ2) is 5.72. The summed E-state index contributed by atoms with van der Waals surface area (Å²) in [6.45, 7) is 1.60. The van der Waals surface area contributed by atoms with Crippen molar-refractivity contribution in [3.63, 3.8) is 0 Å². The first-order valence-corrected chi connectivity index (χ1v) is 4.64. The molecule has 4 nitrogen and oxygen atoms in total. The average molecular weight is 201 g/mol. The summed E-state index contributed by atoms with van der Waals surface area (Å²) in [6.07, 6.45) is 2.06. The molecule has 0 spiro atoms. The van der Waals surface area contributed by atoms with Crippen molar-refractivity contribution in [2.45, 2.75) is 12.8 Å². The van der Waals surface area contributed by atoms with Gasteiger partial charge in [0.2, 0.25) is 0 Å². The number of aromatic nitrogens is 2. The Morgan fingerprint density at radius 1 is 1.31 bits per heavy atom. The maximum atomic E-state index is 5.58. The highest BCUT2D eigenvalue weighted by Gasteiger charge is 1.93. The minimum Gasteiger partial charge on any atom is -0.369 e. The van der Waals surface area contributed by atoms with E-state index in [1.807, 2.05) is 0 Å². The SMILES string of the molecule is NCCCCNc1ccc(Cl)nn1. The van der Waals surface area contributed by atoms with Crippen molar-refractivity contribution in [1.82, 2.24) is 10.2 Å². The monoisotopic (exact) mass is 200 g/mol. The molecule has 1 heterocycles. The number of nitrogens with one attached hydrogen (secondary N) is 1. The zero-order valence-corrected chi connectivity index (χ0v) is 8.09. The van der Waals surface area contributed by atoms with Crippen LogP contribution in [0.1, 0.15) is 12.8 Å². The molecule has 1 aromatic heterocycles. The fourth-order valence-electron chi connectivity index (χ4n) is 0.896. The van der Waals surface area contributed by atoms with Gasteiger partial charge in [0.15, 0.2) is 5.15 Å². The molecule has 0 atom stereocenters. The molecule has 0 bridgehead atoms. The quantitative estimate of drug-likeness (QED) is 0.703. The zero-order chi connectivity index (χ0) is 9.52. The van der Waals surface area contributed by atoms with Gasteiger partial charge in [-0.1, -0.05) is 11.6 Å². The van der Waals surface area contributed by atoms with Crippen LogP contribution in [-0.2, 0) is 0 Å².